The highest BCUT2D eigenvalue weighted by molar-refractivity contribution is 5.98. The number of nitrogens with zero attached hydrogens (tertiary/aromatic N) is 2. The lowest BCUT2D eigenvalue weighted by Gasteiger charge is -2.33. The zero-order chi connectivity index (χ0) is 24.6. The van der Waals surface area contributed by atoms with E-state index in [1.807, 2.05) is 24.3 Å². The molecule has 1 aromatic heterocycles. The highest BCUT2D eigenvalue weighted by atomic mass is 16.6. The Labute approximate surface area is 203 Å². The Hall–Kier alpha value is -3.59. The molecule has 1 fully saturated rings. The molecule has 0 radical (unpaired) electrons. The van der Waals surface area contributed by atoms with Crippen molar-refractivity contribution in [3.8, 4) is 5.75 Å². The highest BCUT2D eigenvalue weighted by Crippen LogP contribution is 2.16. The largest absolute Gasteiger partial charge is 0.494 e. The predicted octanol–water partition coefficient (Wildman–Crippen LogP) is 3.83. The molecule has 35 heavy (non-hydrogen) atoms. The third-order valence-electron chi connectivity index (χ3n) is 6.08. The average molecular weight is 482 g/mol. The molecule has 0 unspecified atom stereocenters. The molecule has 4 rings (SSSR count). The van der Waals surface area contributed by atoms with Gasteiger partial charge in [0, 0.05) is 44.7 Å². The number of hydrogen-bond donors (Lipinski definition) is 1. The van der Waals surface area contributed by atoms with Gasteiger partial charge in [0.15, 0.2) is 11.4 Å². The number of hydrogen-bond acceptors (Lipinski definition) is 7. The smallest absolute Gasteiger partial charge is 0.417 e. The number of Topliss-reactive ketones (excluding diaryl/α,β-unsaturated/α-hetero) is 1. The fraction of sp³-hybridized carbons (Fsp3) is 0.423. The third-order valence-corrected chi connectivity index (χ3v) is 6.08. The van der Waals surface area contributed by atoms with Gasteiger partial charge in [0.25, 0.3) is 0 Å². The summed E-state index contributed by atoms with van der Waals surface area (Å²) in [7, 11) is 0. The van der Waals surface area contributed by atoms with Crippen LogP contribution in [0, 0.1) is 0 Å². The molecule has 186 valence electrons. The number of aromatic nitrogens is 1. The minimum atomic E-state index is -0.536. The van der Waals surface area contributed by atoms with E-state index in [2.05, 4.69) is 16.8 Å². The summed E-state index contributed by atoms with van der Waals surface area (Å²) in [6.07, 6.45) is 2.13. The van der Waals surface area contributed by atoms with E-state index >= 15 is 0 Å². The fourth-order valence-electron chi connectivity index (χ4n) is 3.93. The van der Waals surface area contributed by atoms with Crippen molar-refractivity contribution in [1.29, 1.82) is 0 Å². The molecule has 0 aliphatic carbocycles. The molecule has 1 amide bonds. The Balaban J connectivity index is 1.16. The monoisotopic (exact) mass is 481 g/mol. The third kappa shape index (κ3) is 6.73. The molecule has 9 heteroatoms. The van der Waals surface area contributed by atoms with Crippen LogP contribution in [0.1, 0.15) is 42.1 Å². The van der Waals surface area contributed by atoms with Crippen molar-refractivity contribution in [3.05, 3.63) is 64.1 Å². The standard InChI is InChI=1S/C26H31N3O6/c1-2-3-16-33-21-7-4-19(5-8-21)18-34-26(32)29-14-12-28(13-15-29)11-10-23(30)20-6-9-22-24(17-20)35-25(31)27-22/h4-9,17H,2-3,10-16,18H2,1H3,(H,27,31). The summed E-state index contributed by atoms with van der Waals surface area (Å²) in [6.45, 7) is 6.11. The summed E-state index contributed by atoms with van der Waals surface area (Å²) in [5.74, 6) is 0.269. The number of carbonyl (C=O) groups excluding carboxylic acids is 2. The predicted molar refractivity (Wildman–Crippen MR) is 131 cm³/mol. The van der Waals surface area contributed by atoms with E-state index in [9.17, 15) is 14.4 Å². The van der Waals surface area contributed by atoms with E-state index in [1.165, 1.54) is 0 Å². The normalized spacial score (nSPS) is 14.3. The van der Waals surface area contributed by atoms with Crippen molar-refractivity contribution in [3.63, 3.8) is 0 Å². The Morgan fingerprint density at radius 2 is 1.83 bits per heavy atom. The number of nitrogens with one attached hydrogen (secondary N) is 1. The van der Waals surface area contributed by atoms with Gasteiger partial charge >= 0.3 is 11.8 Å². The van der Waals surface area contributed by atoms with E-state index in [1.54, 1.807) is 23.1 Å². The molecule has 3 aromatic rings. The summed E-state index contributed by atoms with van der Waals surface area (Å²) in [4.78, 5) is 42.7. The van der Waals surface area contributed by atoms with Crippen LogP contribution in [-0.4, -0.2) is 66.0 Å². The molecule has 2 heterocycles. The number of unbranched alkanes of at least 4 members (excludes halogenated alkanes) is 1. The first-order chi connectivity index (χ1) is 17.0. The molecule has 1 N–H and O–H groups in total. The van der Waals surface area contributed by atoms with Crippen LogP contribution in [-0.2, 0) is 11.3 Å². The number of aromatic amines is 1. The number of ketones is 1. The number of amides is 1. The molecule has 0 saturated carbocycles. The van der Waals surface area contributed by atoms with E-state index in [4.69, 9.17) is 13.9 Å². The molecular weight excluding hydrogens is 450 g/mol. The van der Waals surface area contributed by atoms with Crippen LogP contribution in [0.25, 0.3) is 11.1 Å². The minimum absolute atomic E-state index is 0.0145. The summed E-state index contributed by atoms with van der Waals surface area (Å²) in [5, 5.41) is 0. The summed E-state index contributed by atoms with van der Waals surface area (Å²) in [5.41, 5.74) is 2.38. The highest BCUT2D eigenvalue weighted by Gasteiger charge is 2.22. The zero-order valence-electron chi connectivity index (χ0n) is 20.0. The van der Waals surface area contributed by atoms with Gasteiger partial charge in [0.2, 0.25) is 0 Å². The van der Waals surface area contributed by atoms with Gasteiger partial charge in [-0.3, -0.25) is 14.7 Å². The summed E-state index contributed by atoms with van der Waals surface area (Å²) < 4.78 is 16.2. The maximum Gasteiger partial charge on any atom is 0.417 e. The lowest BCUT2D eigenvalue weighted by molar-refractivity contribution is 0.0696. The molecule has 1 aliphatic rings. The van der Waals surface area contributed by atoms with Crippen LogP contribution in [0.5, 0.6) is 5.75 Å². The van der Waals surface area contributed by atoms with E-state index in [0.29, 0.717) is 62.4 Å². The molecule has 1 aliphatic heterocycles. The second-order valence-electron chi connectivity index (χ2n) is 8.63. The SMILES string of the molecule is CCCCOc1ccc(COC(=O)N2CCN(CCC(=O)c3ccc4[nH]c(=O)oc4c3)CC2)cc1. The number of rotatable bonds is 10. The topological polar surface area (TPSA) is 105 Å². The number of benzene rings is 2. The fourth-order valence-corrected chi connectivity index (χ4v) is 3.93. The van der Waals surface area contributed by atoms with E-state index < -0.39 is 5.76 Å². The molecule has 0 spiro atoms. The molecule has 1 saturated heterocycles. The second kappa shape index (κ2) is 11.7. The Morgan fingerprint density at radius 3 is 2.57 bits per heavy atom. The van der Waals surface area contributed by atoms with Crippen LogP contribution in [0.15, 0.2) is 51.7 Å². The first-order valence-electron chi connectivity index (χ1n) is 12.0. The maximum atomic E-state index is 12.6. The summed E-state index contributed by atoms with van der Waals surface area (Å²) in [6, 6.07) is 12.6. The van der Waals surface area contributed by atoms with Crippen molar-refractivity contribution in [1.82, 2.24) is 14.8 Å². The number of piperazine rings is 1. The number of ether oxygens (including phenoxy) is 2. The molecule has 0 atom stereocenters. The number of oxazole rings is 1. The average Bonchev–Trinajstić information content (AvgIpc) is 3.26. The van der Waals surface area contributed by atoms with Crippen molar-refractivity contribution in [2.45, 2.75) is 32.8 Å². The molecule has 2 aromatic carbocycles. The first-order valence-corrected chi connectivity index (χ1v) is 12.0. The van der Waals surface area contributed by atoms with Gasteiger partial charge in [-0.2, -0.15) is 0 Å². The quantitative estimate of drug-likeness (QED) is 0.347. The first kappa shape index (κ1) is 24.5. The van der Waals surface area contributed by atoms with Crippen molar-refractivity contribution < 1.29 is 23.5 Å². The maximum absolute atomic E-state index is 12.6. The zero-order valence-corrected chi connectivity index (χ0v) is 20.0. The van der Waals surface area contributed by atoms with Gasteiger partial charge in [-0.05, 0) is 42.3 Å². The van der Waals surface area contributed by atoms with Crippen LogP contribution < -0.4 is 10.5 Å². The van der Waals surface area contributed by atoms with Crippen molar-refractivity contribution >= 4 is 23.0 Å². The minimum Gasteiger partial charge on any atom is -0.494 e. The summed E-state index contributed by atoms with van der Waals surface area (Å²) >= 11 is 0. The van der Waals surface area contributed by atoms with Crippen LogP contribution in [0.3, 0.4) is 0 Å². The number of fused-ring (bicyclic) bond motifs is 1. The second-order valence-corrected chi connectivity index (χ2v) is 8.63. The van der Waals surface area contributed by atoms with Gasteiger partial charge in [-0.25, -0.2) is 9.59 Å². The lowest BCUT2D eigenvalue weighted by Crippen LogP contribution is -2.49. The van der Waals surface area contributed by atoms with Gasteiger partial charge in [-0.15, -0.1) is 0 Å². The van der Waals surface area contributed by atoms with Crippen LogP contribution in [0.2, 0.25) is 0 Å². The lowest BCUT2D eigenvalue weighted by atomic mass is 10.1. The Kier molecular flexibility index (Phi) is 8.20. The van der Waals surface area contributed by atoms with Gasteiger partial charge in [-0.1, -0.05) is 25.5 Å². The van der Waals surface area contributed by atoms with Crippen molar-refractivity contribution in [2.75, 3.05) is 39.3 Å². The van der Waals surface area contributed by atoms with Gasteiger partial charge in [0.05, 0.1) is 12.1 Å². The number of carbonyl (C=O) groups is 2. The van der Waals surface area contributed by atoms with Crippen molar-refractivity contribution in [2.24, 2.45) is 0 Å². The van der Waals surface area contributed by atoms with Gasteiger partial charge in [0.1, 0.15) is 12.4 Å². The van der Waals surface area contributed by atoms with Crippen LogP contribution >= 0.6 is 0 Å². The Morgan fingerprint density at radius 1 is 1.06 bits per heavy atom. The molecule has 0 bridgehead atoms. The molecular formula is C26H31N3O6. The van der Waals surface area contributed by atoms with E-state index in [-0.39, 0.29) is 18.5 Å². The molecule has 9 nitrogen and oxygen atoms in total. The Bertz CT molecular complexity index is 1190. The van der Waals surface area contributed by atoms with E-state index in [0.717, 1.165) is 24.2 Å². The number of H-pyrrole nitrogens is 1. The van der Waals surface area contributed by atoms with Gasteiger partial charge < -0.3 is 18.8 Å². The van der Waals surface area contributed by atoms with Crippen LogP contribution in [0.4, 0.5) is 4.79 Å².